The largest absolute Gasteiger partial charge is 0.411 e. The van der Waals surface area contributed by atoms with Crippen LogP contribution >= 0.6 is 22.7 Å². The van der Waals surface area contributed by atoms with Gasteiger partial charge in [-0.3, -0.25) is 4.79 Å². The van der Waals surface area contributed by atoms with Crippen molar-refractivity contribution in [2.45, 2.75) is 44.5 Å². The van der Waals surface area contributed by atoms with Gasteiger partial charge in [-0.15, -0.1) is 22.7 Å². The molecule has 3 N–H and O–H groups in total. The van der Waals surface area contributed by atoms with Crippen LogP contribution in [0.25, 0.3) is 10.6 Å². The standard InChI is InChI=1S/C19H18F3N5O2S2/c1-9-14(31-16(24-9)10(2)28)12-8-30-17(25-12)26-13-4-3-11(7-23-13)15(29)27-18(5-6-18)19(20,21)22/h3-4,7-8,10,28H,5-6H2,1-2H3,(H,27,29)(H,23,25,26). The fourth-order valence-corrected chi connectivity index (χ4v) is 4.62. The van der Waals surface area contributed by atoms with Crippen molar-refractivity contribution >= 4 is 39.5 Å². The van der Waals surface area contributed by atoms with Gasteiger partial charge in [0.25, 0.3) is 5.91 Å². The molecule has 7 nitrogen and oxygen atoms in total. The third-order valence-electron chi connectivity index (χ3n) is 4.81. The molecule has 1 saturated carbocycles. The number of nitrogens with one attached hydrogen (secondary N) is 2. The molecule has 0 bridgehead atoms. The molecule has 0 aromatic carbocycles. The topological polar surface area (TPSA) is 100 Å². The quantitative estimate of drug-likeness (QED) is 0.488. The van der Waals surface area contributed by atoms with Gasteiger partial charge in [0.15, 0.2) is 5.13 Å². The van der Waals surface area contributed by atoms with Gasteiger partial charge in [-0.25, -0.2) is 15.0 Å². The Kier molecular flexibility index (Phi) is 5.48. The fraction of sp³-hybridized carbons (Fsp3) is 0.368. The van der Waals surface area contributed by atoms with Crippen LogP contribution in [0.4, 0.5) is 24.1 Å². The zero-order valence-corrected chi connectivity index (χ0v) is 18.1. The molecule has 12 heteroatoms. The van der Waals surface area contributed by atoms with Crippen molar-refractivity contribution in [1.82, 2.24) is 20.3 Å². The molecular weight excluding hydrogens is 451 g/mol. The summed E-state index contributed by atoms with van der Waals surface area (Å²) in [5, 5.41) is 17.8. The van der Waals surface area contributed by atoms with Crippen LogP contribution in [0.2, 0.25) is 0 Å². The number of aromatic nitrogens is 3. The minimum atomic E-state index is -4.47. The second kappa shape index (κ2) is 7.84. The van der Waals surface area contributed by atoms with E-state index in [1.807, 2.05) is 12.3 Å². The smallest absolute Gasteiger partial charge is 0.386 e. The number of aliphatic hydroxyl groups excluding tert-OH is 1. The second-order valence-electron chi connectivity index (χ2n) is 7.27. The number of hydrogen-bond acceptors (Lipinski definition) is 8. The molecule has 0 saturated heterocycles. The molecule has 1 aliphatic rings. The average molecular weight is 470 g/mol. The lowest BCUT2D eigenvalue weighted by molar-refractivity contribution is -0.163. The maximum Gasteiger partial charge on any atom is 0.411 e. The fourth-order valence-electron chi connectivity index (χ4n) is 2.87. The predicted octanol–water partition coefficient (Wildman–Crippen LogP) is 4.59. The highest BCUT2D eigenvalue weighted by molar-refractivity contribution is 7.17. The third-order valence-corrected chi connectivity index (χ3v) is 6.92. The van der Waals surface area contributed by atoms with Crippen molar-refractivity contribution < 1.29 is 23.1 Å². The lowest BCUT2D eigenvalue weighted by Crippen LogP contribution is -2.47. The minimum absolute atomic E-state index is 0.0480. The Hall–Kier alpha value is -2.57. The maximum atomic E-state index is 13.0. The number of alkyl halides is 3. The number of rotatable bonds is 6. The highest BCUT2D eigenvalue weighted by Gasteiger charge is 2.64. The summed E-state index contributed by atoms with van der Waals surface area (Å²) in [5.74, 6) is -0.403. The van der Waals surface area contributed by atoms with Crippen LogP contribution in [0, 0.1) is 6.92 Å². The van der Waals surface area contributed by atoms with Crippen molar-refractivity contribution in [3.05, 3.63) is 40.0 Å². The Bertz CT molecular complexity index is 1100. The molecule has 1 fully saturated rings. The van der Waals surface area contributed by atoms with Gasteiger partial charge in [0.1, 0.15) is 22.5 Å². The monoisotopic (exact) mass is 469 g/mol. The van der Waals surface area contributed by atoms with E-state index in [1.165, 1.54) is 41.0 Å². The Morgan fingerprint density at radius 3 is 2.58 bits per heavy atom. The number of aliphatic hydroxyl groups is 1. The SMILES string of the molecule is Cc1nc(C(C)O)sc1-c1csc(Nc2ccc(C(=O)NC3(C(F)(F)F)CC3)cn2)n1. The van der Waals surface area contributed by atoms with Crippen LogP contribution in [0.15, 0.2) is 23.7 Å². The first-order valence-electron chi connectivity index (χ1n) is 9.31. The highest BCUT2D eigenvalue weighted by atomic mass is 32.1. The Labute approximate surface area is 183 Å². The summed E-state index contributed by atoms with van der Waals surface area (Å²) in [4.78, 5) is 26.0. The average Bonchev–Trinajstić information content (AvgIpc) is 3.18. The van der Waals surface area contributed by atoms with Crippen molar-refractivity contribution in [2.24, 2.45) is 0 Å². The summed E-state index contributed by atoms with van der Waals surface area (Å²) in [6.45, 7) is 3.50. The highest BCUT2D eigenvalue weighted by Crippen LogP contribution is 2.49. The number of amides is 1. The minimum Gasteiger partial charge on any atom is -0.386 e. The molecule has 0 spiro atoms. The van der Waals surface area contributed by atoms with E-state index < -0.39 is 23.7 Å². The van der Waals surface area contributed by atoms with E-state index in [0.29, 0.717) is 21.7 Å². The van der Waals surface area contributed by atoms with Crippen LogP contribution in [0.3, 0.4) is 0 Å². The summed E-state index contributed by atoms with van der Waals surface area (Å²) >= 11 is 2.72. The lowest BCUT2D eigenvalue weighted by atomic mass is 10.2. The van der Waals surface area contributed by atoms with E-state index in [2.05, 4.69) is 25.6 Å². The first kappa shape index (κ1) is 21.7. The van der Waals surface area contributed by atoms with Gasteiger partial charge in [0, 0.05) is 11.6 Å². The van der Waals surface area contributed by atoms with Crippen molar-refractivity contribution in [1.29, 1.82) is 0 Å². The Morgan fingerprint density at radius 2 is 2.03 bits per heavy atom. The third kappa shape index (κ3) is 4.41. The van der Waals surface area contributed by atoms with Crippen LogP contribution in [0.5, 0.6) is 0 Å². The van der Waals surface area contributed by atoms with E-state index in [0.717, 1.165) is 10.6 Å². The van der Waals surface area contributed by atoms with Crippen molar-refractivity contribution in [3.8, 4) is 10.6 Å². The van der Waals surface area contributed by atoms with Crippen molar-refractivity contribution in [3.63, 3.8) is 0 Å². The van der Waals surface area contributed by atoms with E-state index in [4.69, 9.17) is 0 Å². The molecule has 3 heterocycles. The van der Waals surface area contributed by atoms with Gasteiger partial charge in [-0.05, 0) is 38.8 Å². The molecule has 31 heavy (non-hydrogen) atoms. The van der Waals surface area contributed by atoms with Crippen LogP contribution in [-0.4, -0.2) is 37.7 Å². The molecule has 3 aromatic rings. The first-order chi connectivity index (χ1) is 14.6. The molecule has 4 rings (SSSR count). The number of halogens is 3. The zero-order valence-electron chi connectivity index (χ0n) is 16.4. The number of anilines is 2. The van der Waals surface area contributed by atoms with Crippen LogP contribution in [0.1, 0.15) is 46.9 Å². The Morgan fingerprint density at radius 1 is 1.29 bits per heavy atom. The molecule has 1 amide bonds. The van der Waals surface area contributed by atoms with Gasteiger partial charge in [0.05, 0.1) is 21.8 Å². The van der Waals surface area contributed by atoms with Gasteiger partial charge in [-0.1, -0.05) is 0 Å². The number of pyridine rings is 1. The number of nitrogens with zero attached hydrogens (tertiary/aromatic N) is 3. The number of aryl methyl sites for hydroxylation is 1. The van der Waals surface area contributed by atoms with Gasteiger partial charge < -0.3 is 15.7 Å². The van der Waals surface area contributed by atoms with Crippen LogP contribution < -0.4 is 10.6 Å². The summed E-state index contributed by atoms with van der Waals surface area (Å²) in [7, 11) is 0. The Balaban J connectivity index is 1.43. The number of carbonyl (C=O) groups excluding carboxylic acids is 1. The molecule has 1 atom stereocenters. The lowest BCUT2D eigenvalue weighted by Gasteiger charge is -2.20. The predicted molar refractivity (Wildman–Crippen MR) is 112 cm³/mol. The summed E-state index contributed by atoms with van der Waals surface area (Å²) in [5.41, 5.74) is -0.571. The molecule has 0 radical (unpaired) electrons. The van der Waals surface area contributed by atoms with E-state index >= 15 is 0 Å². The normalized spacial score (nSPS) is 16.1. The molecule has 3 aromatic heterocycles. The summed E-state index contributed by atoms with van der Waals surface area (Å²) in [6, 6.07) is 2.92. The van der Waals surface area contributed by atoms with E-state index in [9.17, 15) is 23.1 Å². The first-order valence-corrected chi connectivity index (χ1v) is 11.0. The summed E-state index contributed by atoms with van der Waals surface area (Å²) in [6.07, 6.45) is -4.12. The second-order valence-corrected chi connectivity index (χ2v) is 9.16. The van der Waals surface area contributed by atoms with Gasteiger partial charge in [0.2, 0.25) is 0 Å². The van der Waals surface area contributed by atoms with Crippen LogP contribution in [-0.2, 0) is 0 Å². The van der Waals surface area contributed by atoms with E-state index in [1.54, 1.807) is 6.92 Å². The number of hydrogen-bond donors (Lipinski definition) is 3. The van der Waals surface area contributed by atoms with Gasteiger partial charge in [-0.2, -0.15) is 13.2 Å². The zero-order chi connectivity index (χ0) is 22.4. The number of carbonyl (C=O) groups is 1. The molecule has 1 aliphatic carbocycles. The summed E-state index contributed by atoms with van der Waals surface area (Å²) < 4.78 is 39.0. The molecule has 0 aliphatic heterocycles. The van der Waals surface area contributed by atoms with Gasteiger partial charge >= 0.3 is 6.18 Å². The molecule has 164 valence electrons. The number of thiazole rings is 2. The van der Waals surface area contributed by atoms with Crippen molar-refractivity contribution in [2.75, 3.05) is 5.32 Å². The maximum absolute atomic E-state index is 13.0. The molecular formula is C19H18F3N5O2S2. The molecule has 1 unspecified atom stereocenters. The van der Waals surface area contributed by atoms with E-state index in [-0.39, 0.29) is 18.4 Å².